The topological polar surface area (TPSA) is 49.6 Å². The fourth-order valence-electron chi connectivity index (χ4n) is 4.69. The Bertz CT molecular complexity index is 1270. The third-order valence-electron chi connectivity index (χ3n) is 6.92. The standard InChI is InChI=1S/C31H39N3O2/c1-4-7-8-9-10-11-18-33-19-16-24(17-20-33)12-13-25-21-28-31(23-29(25)35)36-30-22-26(34(5-2)6-3)14-15-27(30)32-28/h12-17,19,21-23H,4-11,18,20H2,1-3H3/b13-12+. The van der Waals surface area contributed by atoms with Gasteiger partial charge in [-0.25, -0.2) is 4.98 Å². The predicted octanol–water partition coefficient (Wildman–Crippen LogP) is 7.27. The SMILES string of the molecule is CCCCCCCCN1C=CC(/C=C/c2cc3nc4ccc(N(CC)CC)cc4oc-3cc2=O)=CC1. The Hall–Kier alpha value is -3.34. The normalized spacial score (nSPS) is 13.8. The molecule has 3 aliphatic rings. The number of allylic oxidation sites excluding steroid dienone is 3. The van der Waals surface area contributed by atoms with E-state index >= 15 is 0 Å². The van der Waals surface area contributed by atoms with Gasteiger partial charge in [0.25, 0.3) is 0 Å². The second-order valence-electron chi connectivity index (χ2n) is 9.51. The molecule has 190 valence electrons. The summed E-state index contributed by atoms with van der Waals surface area (Å²) in [6.45, 7) is 10.4. The van der Waals surface area contributed by atoms with E-state index in [0.29, 0.717) is 22.6 Å². The molecule has 0 N–H and O–H groups in total. The summed E-state index contributed by atoms with van der Waals surface area (Å²) in [5.74, 6) is 0.517. The summed E-state index contributed by atoms with van der Waals surface area (Å²) in [6, 6.07) is 9.45. The number of nitrogens with zero attached hydrogens (tertiary/aromatic N) is 3. The maximum atomic E-state index is 12.8. The van der Waals surface area contributed by atoms with Crippen molar-refractivity contribution in [3.8, 4) is 11.5 Å². The first-order valence-corrected chi connectivity index (χ1v) is 13.5. The van der Waals surface area contributed by atoms with E-state index in [-0.39, 0.29) is 5.43 Å². The van der Waals surface area contributed by atoms with Gasteiger partial charge in [0.05, 0.1) is 0 Å². The van der Waals surface area contributed by atoms with Crippen LogP contribution in [0.15, 0.2) is 69.5 Å². The van der Waals surface area contributed by atoms with Crippen LogP contribution in [0, 0.1) is 0 Å². The van der Waals surface area contributed by atoms with E-state index in [1.165, 1.54) is 38.5 Å². The molecule has 0 saturated carbocycles. The fourth-order valence-corrected chi connectivity index (χ4v) is 4.69. The van der Waals surface area contributed by atoms with E-state index in [4.69, 9.17) is 9.40 Å². The Labute approximate surface area is 215 Å². The zero-order valence-electron chi connectivity index (χ0n) is 22.0. The lowest BCUT2D eigenvalue weighted by Gasteiger charge is -2.22. The molecule has 0 amide bonds. The third kappa shape index (κ3) is 6.45. The van der Waals surface area contributed by atoms with Crippen LogP contribution in [0.25, 0.3) is 28.6 Å². The molecule has 1 aromatic carbocycles. The molecule has 1 aliphatic carbocycles. The third-order valence-corrected chi connectivity index (χ3v) is 6.92. The molecular formula is C31H39N3O2. The molecule has 0 saturated heterocycles. The summed E-state index contributed by atoms with van der Waals surface area (Å²) >= 11 is 0. The molecule has 36 heavy (non-hydrogen) atoms. The van der Waals surface area contributed by atoms with Crippen LogP contribution in [0.4, 0.5) is 5.69 Å². The Morgan fingerprint density at radius 3 is 2.56 bits per heavy atom. The highest BCUT2D eigenvalue weighted by Crippen LogP contribution is 2.28. The number of rotatable bonds is 12. The largest absolute Gasteiger partial charge is 0.453 e. The summed E-state index contributed by atoms with van der Waals surface area (Å²) in [4.78, 5) is 22.2. The summed E-state index contributed by atoms with van der Waals surface area (Å²) in [5.41, 5.74) is 4.94. The molecule has 5 heteroatoms. The first-order chi connectivity index (χ1) is 17.6. The van der Waals surface area contributed by atoms with E-state index in [1.54, 1.807) is 6.07 Å². The Morgan fingerprint density at radius 1 is 1.00 bits per heavy atom. The molecule has 0 radical (unpaired) electrons. The van der Waals surface area contributed by atoms with Gasteiger partial charge in [-0.05, 0) is 56.3 Å². The minimum atomic E-state index is -0.0614. The van der Waals surface area contributed by atoms with E-state index in [9.17, 15) is 4.79 Å². The highest BCUT2D eigenvalue weighted by molar-refractivity contribution is 5.80. The maximum Gasteiger partial charge on any atom is 0.189 e. The van der Waals surface area contributed by atoms with Crippen LogP contribution in [0.2, 0.25) is 0 Å². The van der Waals surface area contributed by atoms with Crippen LogP contribution in [0.3, 0.4) is 0 Å². The molecule has 5 nitrogen and oxygen atoms in total. The lowest BCUT2D eigenvalue weighted by molar-refractivity contribution is 0.391. The maximum absolute atomic E-state index is 12.8. The molecule has 2 aliphatic heterocycles. The number of hydrogen-bond donors (Lipinski definition) is 0. The van der Waals surface area contributed by atoms with Crippen molar-refractivity contribution in [2.45, 2.75) is 59.3 Å². The van der Waals surface area contributed by atoms with Crippen molar-refractivity contribution < 1.29 is 4.42 Å². The lowest BCUT2D eigenvalue weighted by atomic mass is 10.1. The molecule has 0 aromatic heterocycles. The van der Waals surface area contributed by atoms with Gasteiger partial charge in [0.1, 0.15) is 11.2 Å². The van der Waals surface area contributed by atoms with Gasteiger partial charge in [0.2, 0.25) is 0 Å². The minimum absolute atomic E-state index is 0.0614. The van der Waals surface area contributed by atoms with Gasteiger partial charge >= 0.3 is 0 Å². The number of unbranched alkanes of at least 4 members (excludes halogenated alkanes) is 5. The highest BCUT2D eigenvalue weighted by atomic mass is 16.3. The van der Waals surface area contributed by atoms with Crippen LogP contribution in [0.1, 0.15) is 64.9 Å². The van der Waals surface area contributed by atoms with Gasteiger partial charge < -0.3 is 14.2 Å². The number of fused-ring (bicyclic) bond motifs is 2. The number of aromatic nitrogens is 1. The van der Waals surface area contributed by atoms with Crippen molar-refractivity contribution in [3.63, 3.8) is 0 Å². The second kappa shape index (κ2) is 12.6. The van der Waals surface area contributed by atoms with Crippen molar-refractivity contribution in [2.24, 2.45) is 0 Å². The van der Waals surface area contributed by atoms with Gasteiger partial charge in [0, 0.05) is 49.6 Å². The fraction of sp³-hybridized carbons (Fsp3) is 0.419. The van der Waals surface area contributed by atoms with Crippen molar-refractivity contribution in [1.29, 1.82) is 0 Å². The van der Waals surface area contributed by atoms with Crippen molar-refractivity contribution >= 4 is 22.9 Å². The van der Waals surface area contributed by atoms with Gasteiger partial charge in [-0.1, -0.05) is 57.3 Å². The van der Waals surface area contributed by atoms with Gasteiger partial charge in [-0.15, -0.1) is 0 Å². The summed E-state index contributed by atoms with van der Waals surface area (Å²) in [7, 11) is 0. The van der Waals surface area contributed by atoms with Crippen molar-refractivity contribution in [3.05, 3.63) is 76.1 Å². The van der Waals surface area contributed by atoms with E-state index < -0.39 is 0 Å². The Kier molecular flexibility index (Phi) is 8.99. The zero-order valence-corrected chi connectivity index (χ0v) is 22.0. The smallest absolute Gasteiger partial charge is 0.189 e. The predicted molar refractivity (Wildman–Crippen MR) is 152 cm³/mol. The lowest BCUT2D eigenvalue weighted by Crippen LogP contribution is -2.21. The molecule has 2 heterocycles. The highest BCUT2D eigenvalue weighted by Gasteiger charge is 2.13. The van der Waals surface area contributed by atoms with E-state index in [1.807, 2.05) is 30.4 Å². The molecule has 0 atom stereocenters. The number of benzene rings is 2. The molecule has 1 aromatic rings. The first kappa shape index (κ1) is 25.7. The first-order valence-electron chi connectivity index (χ1n) is 13.5. The number of anilines is 1. The number of hydrogen-bond acceptors (Lipinski definition) is 5. The van der Waals surface area contributed by atoms with Crippen LogP contribution < -0.4 is 10.3 Å². The summed E-state index contributed by atoms with van der Waals surface area (Å²) in [5, 5.41) is 0. The van der Waals surface area contributed by atoms with Crippen molar-refractivity contribution in [2.75, 3.05) is 31.1 Å². The minimum Gasteiger partial charge on any atom is -0.453 e. The zero-order chi connectivity index (χ0) is 25.3. The molecular weight excluding hydrogens is 446 g/mol. The molecule has 0 bridgehead atoms. The van der Waals surface area contributed by atoms with Gasteiger partial charge in [-0.3, -0.25) is 4.79 Å². The van der Waals surface area contributed by atoms with Gasteiger partial charge in [0.15, 0.2) is 16.8 Å². The Balaban J connectivity index is 1.42. The van der Waals surface area contributed by atoms with Gasteiger partial charge in [-0.2, -0.15) is 0 Å². The molecule has 0 fully saturated rings. The average Bonchev–Trinajstić information content (AvgIpc) is 2.90. The van der Waals surface area contributed by atoms with Crippen LogP contribution in [-0.2, 0) is 0 Å². The second-order valence-corrected chi connectivity index (χ2v) is 9.51. The quantitative estimate of drug-likeness (QED) is 0.199. The van der Waals surface area contributed by atoms with E-state index in [0.717, 1.165) is 43.0 Å². The van der Waals surface area contributed by atoms with E-state index in [2.05, 4.69) is 55.0 Å². The molecule has 0 spiro atoms. The van der Waals surface area contributed by atoms with Crippen LogP contribution in [-0.4, -0.2) is 36.1 Å². The molecule has 4 rings (SSSR count). The van der Waals surface area contributed by atoms with Crippen LogP contribution in [0.5, 0.6) is 0 Å². The monoisotopic (exact) mass is 485 g/mol. The van der Waals surface area contributed by atoms with Crippen molar-refractivity contribution in [1.82, 2.24) is 9.88 Å². The average molecular weight is 486 g/mol. The Morgan fingerprint density at radius 2 is 1.81 bits per heavy atom. The van der Waals surface area contributed by atoms with Crippen LogP contribution >= 0.6 is 0 Å². The summed E-state index contributed by atoms with van der Waals surface area (Å²) < 4.78 is 6.09. The summed E-state index contributed by atoms with van der Waals surface area (Å²) in [6.07, 6.45) is 18.3. The molecule has 0 unspecified atom stereocenters.